The van der Waals surface area contributed by atoms with Crippen LogP contribution in [0.4, 0.5) is 0 Å². The largest absolute Gasteiger partial charge is 0.462 e. The van der Waals surface area contributed by atoms with Crippen LogP contribution in [0.2, 0.25) is 0 Å². The molecular weight excluding hydrogens is 709 g/mol. The summed E-state index contributed by atoms with van der Waals surface area (Å²) in [5.74, 6) is 0.774. The molecule has 1 unspecified atom stereocenters. The minimum Gasteiger partial charge on any atom is -0.462 e. The lowest BCUT2D eigenvalue weighted by molar-refractivity contribution is -0.167. The Labute approximate surface area is 355 Å². The van der Waals surface area contributed by atoms with Crippen molar-refractivity contribution in [1.29, 1.82) is 0 Å². The molecule has 0 aliphatic heterocycles. The molecule has 0 radical (unpaired) electrons. The predicted octanol–water partition coefficient (Wildman–Crippen LogP) is 16.1. The molecule has 0 aromatic rings. The molecule has 0 aromatic carbocycles. The van der Waals surface area contributed by atoms with Gasteiger partial charge in [-0.2, -0.15) is 0 Å². The van der Waals surface area contributed by atoms with Gasteiger partial charge in [-0.15, -0.1) is 0 Å². The fourth-order valence-corrected chi connectivity index (χ4v) is 7.60. The first kappa shape index (κ1) is 55.4. The maximum absolute atomic E-state index is 12.7. The number of ether oxygens (including phenoxy) is 3. The highest BCUT2D eigenvalue weighted by Gasteiger charge is 2.19. The van der Waals surface area contributed by atoms with Crippen LogP contribution < -0.4 is 0 Å². The average molecular weight is 807 g/mol. The first-order valence-corrected chi connectivity index (χ1v) is 25.3. The molecule has 0 saturated carbocycles. The van der Waals surface area contributed by atoms with Crippen LogP contribution in [0.15, 0.2) is 0 Å². The zero-order chi connectivity index (χ0) is 41.9. The Balaban J connectivity index is 4.28. The topological polar surface area (TPSA) is 78.9 Å². The highest BCUT2D eigenvalue weighted by Crippen LogP contribution is 2.17. The van der Waals surface area contributed by atoms with Gasteiger partial charge in [0.1, 0.15) is 13.2 Å². The molecule has 6 nitrogen and oxygen atoms in total. The molecule has 2 atom stereocenters. The number of hydrogen-bond donors (Lipinski definition) is 0. The fourth-order valence-electron chi connectivity index (χ4n) is 7.60. The lowest BCUT2D eigenvalue weighted by Crippen LogP contribution is -2.30. The van der Waals surface area contributed by atoms with Gasteiger partial charge < -0.3 is 14.2 Å². The summed E-state index contributed by atoms with van der Waals surface area (Å²) in [5.41, 5.74) is 0. The molecule has 0 saturated heterocycles. The summed E-state index contributed by atoms with van der Waals surface area (Å²) in [5, 5.41) is 0. The van der Waals surface area contributed by atoms with E-state index >= 15 is 0 Å². The minimum atomic E-state index is -0.762. The zero-order valence-corrected chi connectivity index (χ0v) is 39.0. The smallest absolute Gasteiger partial charge is 0.306 e. The molecule has 338 valence electrons. The molecular formula is C51H98O6. The highest BCUT2D eigenvalue weighted by atomic mass is 16.6. The van der Waals surface area contributed by atoms with E-state index in [9.17, 15) is 14.4 Å². The zero-order valence-electron chi connectivity index (χ0n) is 39.0. The molecule has 0 spiro atoms. The van der Waals surface area contributed by atoms with Gasteiger partial charge in [-0.1, -0.05) is 240 Å². The van der Waals surface area contributed by atoms with Crippen molar-refractivity contribution in [2.24, 2.45) is 11.8 Å². The van der Waals surface area contributed by atoms with Crippen LogP contribution >= 0.6 is 0 Å². The maximum atomic E-state index is 12.7. The van der Waals surface area contributed by atoms with Crippen molar-refractivity contribution >= 4 is 17.9 Å². The second kappa shape index (κ2) is 44.0. The van der Waals surface area contributed by atoms with Crippen LogP contribution in [-0.4, -0.2) is 37.2 Å². The second-order valence-corrected chi connectivity index (χ2v) is 18.2. The van der Waals surface area contributed by atoms with Gasteiger partial charge in [0.2, 0.25) is 0 Å². The van der Waals surface area contributed by atoms with E-state index in [1.807, 2.05) is 0 Å². The Bertz CT molecular complexity index is 872. The van der Waals surface area contributed by atoms with Gasteiger partial charge in [-0.25, -0.2) is 0 Å². The molecule has 6 heteroatoms. The van der Waals surface area contributed by atoms with Crippen molar-refractivity contribution in [1.82, 2.24) is 0 Å². The molecule has 0 aliphatic carbocycles. The van der Waals surface area contributed by atoms with Crippen LogP contribution in [0.25, 0.3) is 0 Å². The maximum Gasteiger partial charge on any atom is 0.306 e. The van der Waals surface area contributed by atoms with Crippen LogP contribution in [-0.2, 0) is 28.6 Å². The average Bonchev–Trinajstić information content (AvgIpc) is 3.19. The van der Waals surface area contributed by atoms with Crippen LogP contribution in [0.3, 0.4) is 0 Å². The van der Waals surface area contributed by atoms with Gasteiger partial charge in [0.05, 0.1) is 0 Å². The van der Waals surface area contributed by atoms with Gasteiger partial charge in [-0.3, -0.25) is 14.4 Å². The minimum absolute atomic E-state index is 0.0649. The first-order valence-electron chi connectivity index (χ1n) is 25.3. The van der Waals surface area contributed by atoms with E-state index in [0.29, 0.717) is 19.3 Å². The summed E-state index contributed by atoms with van der Waals surface area (Å²) in [6.45, 7) is 11.3. The molecule has 0 amide bonds. The molecule has 0 fully saturated rings. The van der Waals surface area contributed by atoms with Crippen LogP contribution in [0.1, 0.15) is 279 Å². The first-order chi connectivity index (χ1) is 27.8. The predicted molar refractivity (Wildman–Crippen MR) is 243 cm³/mol. The van der Waals surface area contributed by atoms with E-state index in [2.05, 4.69) is 34.6 Å². The van der Waals surface area contributed by atoms with Crippen molar-refractivity contribution in [3.63, 3.8) is 0 Å². The van der Waals surface area contributed by atoms with E-state index in [1.54, 1.807) is 0 Å². The molecule has 0 heterocycles. The number of carbonyl (C=O) groups is 3. The van der Waals surface area contributed by atoms with Crippen molar-refractivity contribution in [2.45, 2.75) is 285 Å². The molecule has 0 rings (SSSR count). The summed E-state index contributed by atoms with van der Waals surface area (Å²) in [6, 6.07) is 0. The Morgan fingerprint density at radius 2 is 0.667 bits per heavy atom. The van der Waals surface area contributed by atoms with E-state index < -0.39 is 6.10 Å². The molecule has 0 aromatic heterocycles. The lowest BCUT2D eigenvalue weighted by Gasteiger charge is -2.18. The summed E-state index contributed by atoms with van der Waals surface area (Å²) in [7, 11) is 0. The van der Waals surface area contributed by atoms with E-state index in [-0.39, 0.29) is 31.1 Å². The monoisotopic (exact) mass is 807 g/mol. The van der Waals surface area contributed by atoms with E-state index in [0.717, 1.165) is 69.6 Å². The Kier molecular flexibility index (Phi) is 42.7. The van der Waals surface area contributed by atoms with Gasteiger partial charge in [-0.05, 0) is 31.1 Å². The highest BCUT2D eigenvalue weighted by molar-refractivity contribution is 5.71. The van der Waals surface area contributed by atoms with E-state index in [4.69, 9.17) is 14.2 Å². The summed E-state index contributed by atoms with van der Waals surface area (Å²) >= 11 is 0. The number of esters is 3. The standard InChI is InChI=1S/C51H98O6/c1-6-8-9-10-11-12-13-14-15-16-17-18-22-25-31-36-41-49(52)55-44-48(57-51(54)43-38-33-28-27-30-35-40-47(5)7-2)45-56-50(53)42-37-32-26-23-20-19-21-24-29-34-39-46(3)4/h46-48H,6-45H2,1-5H3/t47?,48-/m1/s1. The van der Waals surface area contributed by atoms with Crippen molar-refractivity contribution in [3.05, 3.63) is 0 Å². The van der Waals surface area contributed by atoms with Gasteiger partial charge in [0.25, 0.3) is 0 Å². The van der Waals surface area contributed by atoms with Crippen LogP contribution in [0, 0.1) is 11.8 Å². The third kappa shape index (κ3) is 43.8. The third-order valence-corrected chi connectivity index (χ3v) is 11.8. The SMILES string of the molecule is CCCCCCCCCCCCCCCCCCC(=O)OC[C@H](COC(=O)CCCCCCCCCCCCC(C)C)OC(=O)CCCCCCCCC(C)CC. The Hall–Kier alpha value is -1.59. The summed E-state index contributed by atoms with van der Waals surface area (Å²) in [6.07, 6.45) is 43.8. The fraction of sp³-hybridized carbons (Fsp3) is 0.941. The van der Waals surface area contributed by atoms with Crippen molar-refractivity contribution < 1.29 is 28.6 Å². The molecule has 0 bridgehead atoms. The number of rotatable bonds is 45. The molecule has 57 heavy (non-hydrogen) atoms. The number of unbranched alkanes of at least 4 members (excludes halogenated alkanes) is 29. The third-order valence-electron chi connectivity index (χ3n) is 11.8. The van der Waals surface area contributed by atoms with Crippen molar-refractivity contribution in [2.75, 3.05) is 13.2 Å². The summed E-state index contributed by atoms with van der Waals surface area (Å²) < 4.78 is 16.8. The van der Waals surface area contributed by atoms with Gasteiger partial charge >= 0.3 is 17.9 Å². The quantitative estimate of drug-likeness (QED) is 0.0346. The lowest BCUT2D eigenvalue weighted by atomic mass is 10.00. The summed E-state index contributed by atoms with van der Waals surface area (Å²) in [4.78, 5) is 37.9. The van der Waals surface area contributed by atoms with Gasteiger partial charge in [0, 0.05) is 19.3 Å². The Morgan fingerprint density at radius 1 is 0.368 bits per heavy atom. The number of carbonyl (C=O) groups excluding carboxylic acids is 3. The molecule has 0 N–H and O–H groups in total. The van der Waals surface area contributed by atoms with Crippen LogP contribution in [0.5, 0.6) is 0 Å². The van der Waals surface area contributed by atoms with Crippen molar-refractivity contribution in [3.8, 4) is 0 Å². The Morgan fingerprint density at radius 3 is 1.00 bits per heavy atom. The normalized spacial score (nSPS) is 12.5. The van der Waals surface area contributed by atoms with Gasteiger partial charge in [0.15, 0.2) is 6.10 Å². The second-order valence-electron chi connectivity index (χ2n) is 18.2. The molecule has 0 aliphatic rings. The van der Waals surface area contributed by atoms with E-state index in [1.165, 1.54) is 167 Å². The number of hydrogen-bond acceptors (Lipinski definition) is 6.